The minimum Gasteiger partial charge on any atom is -0.459 e. The summed E-state index contributed by atoms with van der Waals surface area (Å²) in [6, 6.07) is 3.09. The number of hydrogen-bond acceptors (Lipinski definition) is 4. The molecule has 23 heavy (non-hydrogen) atoms. The molecule has 1 aromatic heterocycles. The molecule has 126 valence electrons. The van der Waals surface area contributed by atoms with Crippen molar-refractivity contribution in [3.05, 3.63) is 17.8 Å². The summed E-state index contributed by atoms with van der Waals surface area (Å²) in [6.45, 7) is 10.9. The number of rotatable bonds is 3. The molecule has 0 saturated carbocycles. The van der Waals surface area contributed by atoms with Crippen molar-refractivity contribution in [2.45, 2.75) is 52.7 Å². The van der Waals surface area contributed by atoms with Gasteiger partial charge in [-0.1, -0.05) is 0 Å². The predicted octanol–water partition coefficient (Wildman–Crippen LogP) is 2.58. The van der Waals surface area contributed by atoms with Crippen LogP contribution in [0.5, 0.6) is 0 Å². The fourth-order valence-electron chi connectivity index (χ4n) is 1.87. The summed E-state index contributed by atoms with van der Waals surface area (Å²) in [6.07, 6.45) is 1.67. The van der Waals surface area contributed by atoms with Crippen LogP contribution in [0.3, 0.4) is 0 Å². The fourth-order valence-corrected chi connectivity index (χ4v) is 1.87. The minimum atomic E-state index is -0.599. The Hall–Kier alpha value is -2.49. The van der Waals surface area contributed by atoms with Crippen LogP contribution in [0, 0.1) is 11.3 Å². The molecule has 0 aliphatic rings. The Morgan fingerprint density at radius 2 is 1.87 bits per heavy atom. The highest BCUT2D eigenvalue weighted by Crippen LogP contribution is 2.23. The van der Waals surface area contributed by atoms with E-state index in [0.717, 1.165) is 0 Å². The Labute approximate surface area is 136 Å². The molecule has 0 aliphatic heterocycles. The topological polar surface area (TPSA) is 96.2 Å². The maximum atomic E-state index is 11.9. The number of urea groups is 1. The highest BCUT2D eigenvalue weighted by Gasteiger charge is 2.20. The van der Waals surface area contributed by atoms with Gasteiger partial charge in [0.05, 0.1) is 5.56 Å². The van der Waals surface area contributed by atoms with E-state index in [2.05, 4.69) is 10.6 Å². The highest BCUT2D eigenvalue weighted by atomic mass is 16.6. The lowest BCUT2D eigenvalue weighted by Crippen LogP contribution is -2.37. The second-order valence-corrected chi connectivity index (χ2v) is 7.16. The summed E-state index contributed by atoms with van der Waals surface area (Å²) in [5.74, 6) is -0.0349. The van der Waals surface area contributed by atoms with Gasteiger partial charge in [0.1, 0.15) is 24.0 Å². The predicted molar refractivity (Wildman–Crippen MR) is 87.0 cm³/mol. The SMILES string of the molecule is CC(C)(C)OC(=O)CNC(=O)Nc1cc(C#N)cn1C(C)(C)C. The average Bonchev–Trinajstić information content (AvgIpc) is 2.77. The van der Waals surface area contributed by atoms with Gasteiger partial charge in [-0.05, 0) is 47.6 Å². The lowest BCUT2D eigenvalue weighted by Gasteiger charge is -2.24. The molecule has 2 amide bonds. The van der Waals surface area contributed by atoms with Crippen LogP contribution < -0.4 is 10.6 Å². The third kappa shape index (κ3) is 6.02. The Bertz CT molecular complexity index is 627. The summed E-state index contributed by atoms with van der Waals surface area (Å²) in [7, 11) is 0. The van der Waals surface area contributed by atoms with Crippen molar-refractivity contribution < 1.29 is 14.3 Å². The summed E-state index contributed by atoms with van der Waals surface area (Å²) in [5.41, 5.74) is -0.455. The van der Waals surface area contributed by atoms with E-state index >= 15 is 0 Å². The largest absolute Gasteiger partial charge is 0.459 e. The second-order valence-electron chi connectivity index (χ2n) is 7.16. The van der Waals surface area contributed by atoms with E-state index in [0.29, 0.717) is 11.4 Å². The molecule has 0 atom stereocenters. The number of esters is 1. The number of aromatic nitrogens is 1. The maximum absolute atomic E-state index is 11.9. The van der Waals surface area contributed by atoms with Crippen molar-refractivity contribution in [2.75, 3.05) is 11.9 Å². The summed E-state index contributed by atoms with van der Waals surface area (Å²) in [5, 5.41) is 14.1. The number of hydrogen-bond donors (Lipinski definition) is 2. The quantitative estimate of drug-likeness (QED) is 0.837. The van der Waals surface area contributed by atoms with E-state index < -0.39 is 17.6 Å². The van der Waals surface area contributed by atoms with Crippen molar-refractivity contribution in [3.63, 3.8) is 0 Å². The maximum Gasteiger partial charge on any atom is 0.325 e. The van der Waals surface area contributed by atoms with E-state index in [1.807, 2.05) is 26.8 Å². The van der Waals surface area contributed by atoms with E-state index in [-0.39, 0.29) is 12.1 Å². The Morgan fingerprint density at radius 3 is 2.35 bits per heavy atom. The van der Waals surface area contributed by atoms with Gasteiger partial charge < -0.3 is 14.6 Å². The van der Waals surface area contributed by atoms with E-state index in [1.54, 1.807) is 37.6 Å². The van der Waals surface area contributed by atoms with Crippen molar-refractivity contribution in [2.24, 2.45) is 0 Å². The van der Waals surface area contributed by atoms with E-state index in [9.17, 15) is 9.59 Å². The lowest BCUT2D eigenvalue weighted by molar-refractivity contribution is -0.153. The van der Waals surface area contributed by atoms with Crippen LogP contribution in [-0.4, -0.2) is 28.7 Å². The zero-order valence-corrected chi connectivity index (χ0v) is 14.5. The molecular weight excluding hydrogens is 296 g/mol. The minimum absolute atomic E-state index is 0.232. The third-order valence-electron chi connectivity index (χ3n) is 2.73. The zero-order valence-electron chi connectivity index (χ0n) is 14.5. The first-order valence-corrected chi connectivity index (χ1v) is 7.32. The van der Waals surface area contributed by atoms with E-state index in [1.165, 1.54) is 0 Å². The first-order valence-electron chi connectivity index (χ1n) is 7.32. The van der Waals surface area contributed by atoms with Crippen molar-refractivity contribution in [1.29, 1.82) is 5.26 Å². The Kier molecular flexibility index (Phi) is 5.43. The van der Waals surface area contributed by atoms with E-state index in [4.69, 9.17) is 10.00 Å². The normalized spacial score (nSPS) is 11.5. The van der Waals surface area contributed by atoms with Gasteiger partial charge in [0.2, 0.25) is 0 Å². The van der Waals surface area contributed by atoms with Gasteiger partial charge >= 0.3 is 12.0 Å². The number of nitrogens with zero attached hydrogens (tertiary/aromatic N) is 2. The molecular formula is C16H24N4O3. The van der Waals surface area contributed by atoms with Crippen LogP contribution in [0.15, 0.2) is 12.3 Å². The zero-order chi connectivity index (χ0) is 17.8. The van der Waals surface area contributed by atoms with Crippen LogP contribution >= 0.6 is 0 Å². The standard InChI is InChI=1S/C16H24N4O3/c1-15(2,3)20-10-11(8-17)7-12(20)19-14(22)18-9-13(21)23-16(4,5)6/h7,10H,9H2,1-6H3,(H2,18,19,22). The molecule has 1 aromatic rings. The number of ether oxygens (including phenoxy) is 1. The van der Waals surface area contributed by atoms with Crippen molar-refractivity contribution in [1.82, 2.24) is 9.88 Å². The Balaban J connectivity index is 2.70. The molecule has 7 nitrogen and oxygen atoms in total. The molecule has 0 aliphatic carbocycles. The van der Waals surface area contributed by atoms with Crippen LogP contribution in [0.2, 0.25) is 0 Å². The molecule has 0 aromatic carbocycles. The molecule has 0 bridgehead atoms. The van der Waals surface area contributed by atoms with Crippen LogP contribution in [0.4, 0.5) is 10.6 Å². The van der Waals surface area contributed by atoms with Gasteiger partial charge in [-0.3, -0.25) is 10.1 Å². The summed E-state index contributed by atoms with van der Waals surface area (Å²) < 4.78 is 6.90. The first kappa shape index (κ1) is 18.6. The van der Waals surface area contributed by atoms with Crippen molar-refractivity contribution in [3.8, 4) is 6.07 Å². The molecule has 0 radical (unpaired) electrons. The lowest BCUT2D eigenvalue weighted by atomic mass is 10.1. The summed E-state index contributed by atoms with van der Waals surface area (Å²) in [4.78, 5) is 23.5. The molecule has 1 rings (SSSR count). The average molecular weight is 320 g/mol. The molecule has 0 unspecified atom stereocenters. The van der Waals surface area contributed by atoms with Crippen molar-refractivity contribution >= 4 is 17.8 Å². The van der Waals surface area contributed by atoms with Crippen LogP contribution in [0.25, 0.3) is 0 Å². The third-order valence-corrected chi connectivity index (χ3v) is 2.73. The van der Waals surface area contributed by atoms with Gasteiger partial charge in [-0.25, -0.2) is 4.79 Å². The molecule has 0 spiro atoms. The molecule has 1 heterocycles. The van der Waals surface area contributed by atoms with Gasteiger partial charge in [0.25, 0.3) is 0 Å². The van der Waals surface area contributed by atoms with Gasteiger partial charge in [-0.2, -0.15) is 5.26 Å². The molecule has 2 N–H and O–H groups in total. The monoisotopic (exact) mass is 320 g/mol. The number of nitrogens with one attached hydrogen (secondary N) is 2. The summed E-state index contributed by atoms with van der Waals surface area (Å²) >= 11 is 0. The first-order chi connectivity index (χ1) is 10.4. The smallest absolute Gasteiger partial charge is 0.325 e. The second kappa shape index (κ2) is 6.73. The number of carbonyl (C=O) groups is 2. The van der Waals surface area contributed by atoms with Gasteiger partial charge in [0.15, 0.2) is 0 Å². The fraction of sp³-hybridized carbons (Fsp3) is 0.562. The van der Waals surface area contributed by atoms with Crippen LogP contribution in [-0.2, 0) is 15.1 Å². The van der Waals surface area contributed by atoms with Crippen LogP contribution in [0.1, 0.15) is 47.1 Å². The number of nitriles is 1. The number of anilines is 1. The number of carbonyl (C=O) groups excluding carboxylic acids is 2. The highest BCUT2D eigenvalue weighted by molar-refractivity contribution is 5.91. The Morgan fingerprint density at radius 1 is 1.26 bits per heavy atom. The van der Waals surface area contributed by atoms with Gasteiger partial charge in [0, 0.05) is 11.7 Å². The molecule has 0 fully saturated rings. The number of amides is 2. The van der Waals surface area contributed by atoms with Gasteiger partial charge in [-0.15, -0.1) is 0 Å². The molecule has 0 saturated heterocycles. The molecule has 7 heteroatoms.